The molecule has 1 saturated carbocycles. The van der Waals surface area contributed by atoms with E-state index < -0.39 is 9.84 Å². The highest BCUT2D eigenvalue weighted by Crippen LogP contribution is 2.42. The molecule has 0 bridgehead atoms. The molecule has 0 unspecified atom stereocenters. The number of pyridine rings is 1. The van der Waals surface area contributed by atoms with Crippen LogP contribution in [0.15, 0.2) is 35.5 Å². The summed E-state index contributed by atoms with van der Waals surface area (Å²) in [6, 6.07) is 4.96. The molecule has 0 spiro atoms. The second kappa shape index (κ2) is 7.54. The van der Waals surface area contributed by atoms with Gasteiger partial charge in [0.15, 0.2) is 9.84 Å². The van der Waals surface area contributed by atoms with Gasteiger partial charge in [0.1, 0.15) is 11.3 Å². The lowest BCUT2D eigenvalue weighted by molar-refractivity contribution is 0.303. The van der Waals surface area contributed by atoms with Gasteiger partial charge in [-0.05, 0) is 30.5 Å². The molecular weight excluding hydrogens is 412 g/mol. The number of aromatic nitrogens is 2. The largest absolute Gasteiger partial charge is 0.493 e. The van der Waals surface area contributed by atoms with E-state index >= 15 is 0 Å². The van der Waals surface area contributed by atoms with Gasteiger partial charge in [0.05, 0.1) is 29.8 Å². The fourth-order valence-corrected chi connectivity index (χ4v) is 4.43. The Morgan fingerprint density at radius 3 is 2.69 bits per heavy atom. The summed E-state index contributed by atoms with van der Waals surface area (Å²) in [6.45, 7) is 0.596. The van der Waals surface area contributed by atoms with Crippen LogP contribution in [0.5, 0.6) is 11.6 Å². The third-order valence-corrected chi connectivity index (χ3v) is 6.66. The van der Waals surface area contributed by atoms with Crippen LogP contribution in [0.2, 0.25) is 5.02 Å². The summed E-state index contributed by atoms with van der Waals surface area (Å²) >= 11 is 6.50. The molecule has 3 aromatic rings. The Kier molecular flexibility index (Phi) is 5.21. The topological polar surface area (TPSA) is 70.4 Å². The fourth-order valence-electron chi connectivity index (χ4n) is 3.54. The smallest absolute Gasteiger partial charge is 0.238 e. The molecule has 6 nitrogen and oxygen atoms in total. The minimum Gasteiger partial charge on any atom is -0.493 e. The van der Waals surface area contributed by atoms with Crippen molar-refractivity contribution < 1.29 is 17.9 Å². The van der Waals surface area contributed by atoms with E-state index in [1.54, 1.807) is 31.5 Å². The molecule has 2 heterocycles. The van der Waals surface area contributed by atoms with E-state index in [-0.39, 0.29) is 4.90 Å². The molecule has 0 N–H and O–H groups in total. The van der Waals surface area contributed by atoms with Crippen molar-refractivity contribution in [1.82, 2.24) is 9.55 Å². The maximum Gasteiger partial charge on any atom is 0.238 e. The SMILES string of the molecule is COc1ncc(Cl)c2c(-c3cc(S(C)(=O)=O)ccc3OCCC3CC3)cn(C)c12. The van der Waals surface area contributed by atoms with Crippen molar-refractivity contribution in [3.05, 3.63) is 35.6 Å². The Labute approximate surface area is 175 Å². The van der Waals surface area contributed by atoms with E-state index in [2.05, 4.69) is 4.98 Å². The number of nitrogens with zero attached hydrogens (tertiary/aromatic N) is 2. The zero-order chi connectivity index (χ0) is 20.8. The highest BCUT2D eigenvalue weighted by atomic mass is 35.5. The first-order valence-electron chi connectivity index (χ1n) is 9.44. The number of hydrogen-bond acceptors (Lipinski definition) is 5. The normalized spacial score (nSPS) is 14.3. The average Bonchev–Trinajstić information content (AvgIpc) is 3.43. The molecule has 0 radical (unpaired) electrons. The van der Waals surface area contributed by atoms with Gasteiger partial charge in [-0.1, -0.05) is 24.4 Å². The maximum atomic E-state index is 12.2. The highest BCUT2D eigenvalue weighted by molar-refractivity contribution is 7.90. The molecule has 1 aromatic carbocycles. The number of sulfone groups is 1. The average molecular weight is 435 g/mol. The maximum absolute atomic E-state index is 12.2. The fraction of sp³-hybridized carbons (Fsp3) is 0.381. The number of ether oxygens (including phenoxy) is 2. The number of benzene rings is 1. The van der Waals surface area contributed by atoms with Crippen LogP contribution in [0.4, 0.5) is 0 Å². The summed E-state index contributed by atoms with van der Waals surface area (Å²) < 4.78 is 37.7. The standard InChI is InChI=1S/C21H23ClN2O4S/c1-24-12-16(19-17(22)11-23-21(27-2)20(19)24)15-10-14(29(3,25)26)6-7-18(15)28-9-8-13-4-5-13/h6-7,10-13H,4-5,8-9H2,1-3H3. The Hall–Kier alpha value is -2.25. The van der Waals surface area contributed by atoms with Crippen LogP contribution in [0, 0.1) is 5.92 Å². The third-order valence-electron chi connectivity index (χ3n) is 5.26. The van der Waals surface area contributed by atoms with E-state index in [1.165, 1.54) is 19.1 Å². The molecule has 0 aliphatic heterocycles. The van der Waals surface area contributed by atoms with E-state index in [1.807, 2.05) is 17.8 Å². The van der Waals surface area contributed by atoms with Crippen LogP contribution >= 0.6 is 11.6 Å². The van der Waals surface area contributed by atoms with E-state index in [0.717, 1.165) is 28.8 Å². The monoisotopic (exact) mass is 434 g/mol. The van der Waals surface area contributed by atoms with Gasteiger partial charge >= 0.3 is 0 Å². The number of fused-ring (bicyclic) bond motifs is 1. The van der Waals surface area contributed by atoms with Gasteiger partial charge in [-0.2, -0.15) is 0 Å². The predicted octanol–water partition coefficient (Wildman–Crippen LogP) is 4.48. The Balaban J connectivity index is 1.90. The van der Waals surface area contributed by atoms with Gasteiger partial charge in [-0.15, -0.1) is 0 Å². The third kappa shape index (κ3) is 3.94. The molecule has 154 valence electrons. The summed E-state index contributed by atoms with van der Waals surface area (Å²) in [7, 11) is 0.0542. The lowest BCUT2D eigenvalue weighted by atomic mass is 10.0. The Morgan fingerprint density at radius 2 is 2.03 bits per heavy atom. The van der Waals surface area contributed by atoms with Gasteiger partial charge in [-0.25, -0.2) is 13.4 Å². The molecule has 1 aliphatic carbocycles. The quantitative estimate of drug-likeness (QED) is 0.548. The number of halogens is 1. The van der Waals surface area contributed by atoms with Crippen molar-refractivity contribution in [2.75, 3.05) is 20.0 Å². The number of methoxy groups -OCH3 is 1. The van der Waals surface area contributed by atoms with Crippen LogP contribution in [0.25, 0.3) is 22.0 Å². The molecule has 0 saturated heterocycles. The Morgan fingerprint density at radius 1 is 1.28 bits per heavy atom. The number of aryl methyl sites for hydroxylation is 1. The van der Waals surface area contributed by atoms with Crippen molar-refractivity contribution in [3.63, 3.8) is 0 Å². The molecule has 1 fully saturated rings. The first-order valence-corrected chi connectivity index (χ1v) is 11.7. The summed E-state index contributed by atoms with van der Waals surface area (Å²) in [5.41, 5.74) is 2.20. The second-order valence-electron chi connectivity index (χ2n) is 7.50. The summed E-state index contributed by atoms with van der Waals surface area (Å²) in [5, 5.41) is 1.21. The molecule has 2 aromatic heterocycles. The van der Waals surface area contributed by atoms with Gasteiger partial charge in [0.2, 0.25) is 5.88 Å². The van der Waals surface area contributed by atoms with Gasteiger partial charge in [-0.3, -0.25) is 0 Å². The molecular formula is C21H23ClN2O4S. The molecule has 8 heteroatoms. The van der Waals surface area contributed by atoms with Crippen LogP contribution in [-0.2, 0) is 16.9 Å². The highest BCUT2D eigenvalue weighted by Gasteiger charge is 2.23. The van der Waals surface area contributed by atoms with E-state index in [4.69, 9.17) is 21.1 Å². The predicted molar refractivity (Wildman–Crippen MR) is 114 cm³/mol. The van der Waals surface area contributed by atoms with Gasteiger partial charge in [0, 0.05) is 36.0 Å². The molecule has 1 aliphatic rings. The summed E-state index contributed by atoms with van der Waals surface area (Å²) in [4.78, 5) is 4.48. The minimum atomic E-state index is -3.38. The number of rotatable bonds is 7. The van der Waals surface area contributed by atoms with E-state index in [0.29, 0.717) is 28.8 Å². The lowest BCUT2D eigenvalue weighted by Crippen LogP contribution is -2.02. The molecule has 4 rings (SSSR count). The van der Waals surface area contributed by atoms with Crippen LogP contribution in [0.3, 0.4) is 0 Å². The van der Waals surface area contributed by atoms with Gasteiger partial charge < -0.3 is 14.0 Å². The molecule has 29 heavy (non-hydrogen) atoms. The Bertz CT molecular complexity index is 1180. The zero-order valence-electron chi connectivity index (χ0n) is 16.6. The van der Waals surface area contributed by atoms with E-state index in [9.17, 15) is 8.42 Å². The summed E-state index contributed by atoms with van der Waals surface area (Å²) in [5.74, 6) is 1.84. The van der Waals surface area contributed by atoms with Crippen molar-refractivity contribution in [1.29, 1.82) is 0 Å². The van der Waals surface area contributed by atoms with Crippen molar-refractivity contribution in [3.8, 4) is 22.8 Å². The second-order valence-corrected chi connectivity index (χ2v) is 9.93. The first kappa shape index (κ1) is 20.0. The first-order chi connectivity index (χ1) is 13.8. The number of hydrogen-bond donors (Lipinski definition) is 0. The zero-order valence-corrected chi connectivity index (χ0v) is 18.2. The molecule has 0 amide bonds. The lowest BCUT2D eigenvalue weighted by Gasteiger charge is -2.13. The van der Waals surface area contributed by atoms with Crippen molar-refractivity contribution in [2.24, 2.45) is 13.0 Å². The van der Waals surface area contributed by atoms with Crippen molar-refractivity contribution in [2.45, 2.75) is 24.2 Å². The van der Waals surface area contributed by atoms with Crippen LogP contribution in [0.1, 0.15) is 19.3 Å². The summed E-state index contributed by atoms with van der Waals surface area (Å²) in [6.07, 6.45) is 8.16. The van der Waals surface area contributed by atoms with Crippen molar-refractivity contribution >= 4 is 32.3 Å². The van der Waals surface area contributed by atoms with Crippen LogP contribution in [-0.4, -0.2) is 37.9 Å². The minimum absolute atomic E-state index is 0.233. The van der Waals surface area contributed by atoms with Crippen LogP contribution < -0.4 is 9.47 Å². The molecule has 0 atom stereocenters. The van der Waals surface area contributed by atoms with Gasteiger partial charge in [0.25, 0.3) is 0 Å².